The molecule has 1 atom stereocenters. The summed E-state index contributed by atoms with van der Waals surface area (Å²) >= 11 is 0. The Bertz CT molecular complexity index is 908. The summed E-state index contributed by atoms with van der Waals surface area (Å²) in [5, 5.41) is 19.2. The fourth-order valence-electron chi connectivity index (χ4n) is 2.38. The van der Waals surface area contributed by atoms with Gasteiger partial charge in [0.05, 0.1) is 17.4 Å². The highest BCUT2D eigenvalue weighted by atomic mass is 19.4. The second-order valence-corrected chi connectivity index (χ2v) is 5.73. The minimum Gasteiger partial charge on any atom is -0.387 e. The van der Waals surface area contributed by atoms with Crippen molar-refractivity contribution in [1.29, 1.82) is 0 Å². The largest absolute Gasteiger partial charge is 0.416 e. The third kappa shape index (κ3) is 4.50. The van der Waals surface area contributed by atoms with E-state index in [0.29, 0.717) is 11.4 Å². The van der Waals surface area contributed by atoms with Crippen molar-refractivity contribution in [2.45, 2.75) is 12.3 Å². The molecular weight excluding hydrogens is 361 g/mol. The number of carbonyl (C=O) groups excluding carboxylic acids is 1. The highest BCUT2D eigenvalue weighted by molar-refractivity contribution is 5.93. The quantitative estimate of drug-likeness (QED) is 0.639. The molecule has 0 aliphatic heterocycles. The summed E-state index contributed by atoms with van der Waals surface area (Å²) in [4.78, 5) is 16.3. The Morgan fingerprint density at radius 2 is 1.89 bits per heavy atom. The smallest absolute Gasteiger partial charge is 0.387 e. The van der Waals surface area contributed by atoms with Gasteiger partial charge in [-0.1, -0.05) is 18.2 Å². The molecule has 2 heterocycles. The monoisotopic (exact) mass is 376 g/mol. The zero-order chi connectivity index (χ0) is 19.4. The van der Waals surface area contributed by atoms with Gasteiger partial charge in [0, 0.05) is 12.7 Å². The Labute approximate surface area is 152 Å². The number of aliphatic hydroxyl groups is 1. The van der Waals surface area contributed by atoms with Gasteiger partial charge in [0.15, 0.2) is 0 Å². The maximum absolute atomic E-state index is 12.6. The highest BCUT2D eigenvalue weighted by Crippen LogP contribution is 2.29. The van der Waals surface area contributed by atoms with Gasteiger partial charge < -0.3 is 10.4 Å². The molecule has 0 aliphatic rings. The predicted octanol–water partition coefficient (Wildman–Crippen LogP) is 2.95. The Morgan fingerprint density at radius 3 is 2.52 bits per heavy atom. The number of rotatable bonds is 5. The summed E-state index contributed by atoms with van der Waals surface area (Å²) in [5.41, 5.74) is 0.723. The normalized spacial score (nSPS) is 12.6. The zero-order valence-electron chi connectivity index (χ0n) is 13.9. The molecule has 0 aliphatic carbocycles. The summed E-state index contributed by atoms with van der Waals surface area (Å²) in [7, 11) is 0. The van der Waals surface area contributed by atoms with Crippen molar-refractivity contribution in [2.24, 2.45) is 0 Å². The van der Waals surface area contributed by atoms with Gasteiger partial charge in [-0.3, -0.25) is 14.9 Å². The number of hydrogen-bond donors (Lipinski definition) is 3. The van der Waals surface area contributed by atoms with Crippen LogP contribution < -0.4 is 5.32 Å². The van der Waals surface area contributed by atoms with E-state index in [4.69, 9.17) is 0 Å². The van der Waals surface area contributed by atoms with E-state index in [1.165, 1.54) is 18.2 Å². The van der Waals surface area contributed by atoms with Gasteiger partial charge in [0.25, 0.3) is 5.91 Å². The molecule has 0 saturated carbocycles. The first-order valence-corrected chi connectivity index (χ1v) is 7.95. The molecule has 3 aromatic rings. The van der Waals surface area contributed by atoms with E-state index in [9.17, 15) is 23.1 Å². The fraction of sp³-hybridized carbons (Fsp3) is 0.167. The van der Waals surface area contributed by atoms with Crippen LogP contribution in [0.2, 0.25) is 0 Å². The number of amides is 1. The molecular formula is C18H15F3N4O2. The molecule has 27 heavy (non-hydrogen) atoms. The number of aromatic amines is 1. The van der Waals surface area contributed by atoms with Crippen LogP contribution in [0.25, 0.3) is 11.4 Å². The highest BCUT2D eigenvalue weighted by Gasteiger charge is 2.30. The number of pyridine rings is 1. The van der Waals surface area contributed by atoms with Crippen molar-refractivity contribution in [3.05, 3.63) is 71.5 Å². The van der Waals surface area contributed by atoms with Crippen molar-refractivity contribution in [3.8, 4) is 11.4 Å². The van der Waals surface area contributed by atoms with Gasteiger partial charge in [0.1, 0.15) is 11.4 Å². The molecule has 6 nitrogen and oxygen atoms in total. The van der Waals surface area contributed by atoms with Crippen molar-refractivity contribution in [1.82, 2.24) is 20.5 Å². The Hall–Kier alpha value is -3.20. The molecule has 0 bridgehead atoms. The van der Waals surface area contributed by atoms with Crippen molar-refractivity contribution in [3.63, 3.8) is 0 Å². The van der Waals surface area contributed by atoms with Gasteiger partial charge in [-0.25, -0.2) is 0 Å². The average molecular weight is 376 g/mol. The summed E-state index contributed by atoms with van der Waals surface area (Å²) in [5.74, 6) is -0.504. The third-order valence-corrected chi connectivity index (χ3v) is 3.83. The lowest BCUT2D eigenvalue weighted by Crippen LogP contribution is -2.28. The van der Waals surface area contributed by atoms with E-state index < -0.39 is 23.8 Å². The first-order valence-electron chi connectivity index (χ1n) is 7.95. The molecule has 2 aromatic heterocycles. The summed E-state index contributed by atoms with van der Waals surface area (Å²) in [6, 6.07) is 10.9. The lowest BCUT2D eigenvalue weighted by atomic mass is 10.1. The SMILES string of the molecule is O=C(NC[C@@H](O)c1ccc(C(F)(F)F)cc1)c1cc(-c2ccccn2)n[nH]1. The number of halogens is 3. The Morgan fingerprint density at radius 1 is 1.15 bits per heavy atom. The van der Waals surface area contributed by atoms with Crippen LogP contribution in [0.5, 0.6) is 0 Å². The number of nitrogens with zero attached hydrogens (tertiary/aromatic N) is 2. The van der Waals surface area contributed by atoms with Crippen LogP contribution in [0, 0.1) is 0 Å². The molecule has 0 saturated heterocycles. The lowest BCUT2D eigenvalue weighted by molar-refractivity contribution is -0.137. The molecule has 1 aromatic carbocycles. The Balaban J connectivity index is 1.60. The molecule has 1 amide bonds. The number of carbonyl (C=O) groups is 1. The van der Waals surface area contributed by atoms with E-state index in [1.54, 1.807) is 24.4 Å². The number of H-pyrrole nitrogens is 1. The van der Waals surface area contributed by atoms with E-state index in [2.05, 4.69) is 20.5 Å². The molecule has 140 valence electrons. The van der Waals surface area contributed by atoms with Gasteiger partial charge >= 0.3 is 6.18 Å². The molecule has 9 heteroatoms. The van der Waals surface area contributed by atoms with Crippen LogP contribution >= 0.6 is 0 Å². The molecule has 0 radical (unpaired) electrons. The topological polar surface area (TPSA) is 90.9 Å². The minimum absolute atomic E-state index is 0.165. The Kier molecular flexibility index (Phi) is 5.22. The first-order chi connectivity index (χ1) is 12.8. The van der Waals surface area contributed by atoms with Crippen LogP contribution in [-0.4, -0.2) is 32.7 Å². The molecule has 0 spiro atoms. The average Bonchev–Trinajstić information content (AvgIpc) is 3.16. The second kappa shape index (κ2) is 7.58. The lowest BCUT2D eigenvalue weighted by Gasteiger charge is -2.13. The van der Waals surface area contributed by atoms with E-state index in [0.717, 1.165) is 12.1 Å². The van der Waals surface area contributed by atoms with Crippen LogP contribution in [0.15, 0.2) is 54.7 Å². The van der Waals surface area contributed by atoms with E-state index >= 15 is 0 Å². The summed E-state index contributed by atoms with van der Waals surface area (Å²) in [6.07, 6.45) is -3.98. The van der Waals surface area contributed by atoms with Crippen LogP contribution in [-0.2, 0) is 6.18 Å². The predicted molar refractivity (Wildman–Crippen MR) is 90.6 cm³/mol. The third-order valence-electron chi connectivity index (χ3n) is 3.83. The summed E-state index contributed by atoms with van der Waals surface area (Å²) in [6.45, 7) is -0.165. The molecule has 3 rings (SSSR count). The number of benzene rings is 1. The van der Waals surface area contributed by atoms with Crippen molar-refractivity contribution in [2.75, 3.05) is 6.54 Å². The number of aromatic nitrogens is 3. The van der Waals surface area contributed by atoms with Crippen LogP contribution in [0.4, 0.5) is 13.2 Å². The van der Waals surface area contributed by atoms with E-state index in [1.807, 2.05) is 0 Å². The maximum atomic E-state index is 12.6. The van der Waals surface area contributed by atoms with Gasteiger partial charge in [0.2, 0.25) is 0 Å². The standard InChI is InChI=1S/C18H15F3N4O2/c19-18(20,21)12-6-4-11(5-7-12)16(26)10-23-17(27)15-9-14(24-25-15)13-3-1-2-8-22-13/h1-9,16,26H,10H2,(H,23,27)(H,24,25)/t16-/m1/s1. The number of hydrogen-bond acceptors (Lipinski definition) is 4. The van der Waals surface area contributed by atoms with Gasteiger partial charge in [-0.2, -0.15) is 18.3 Å². The van der Waals surface area contributed by atoms with Gasteiger partial charge in [-0.15, -0.1) is 0 Å². The molecule has 0 fully saturated rings. The minimum atomic E-state index is -4.44. The van der Waals surface area contributed by atoms with E-state index in [-0.39, 0.29) is 17.8 Å². The molecule has 0 unspecified atom stereocenters. The number of alkyl halides is 3. The molecule has 3 N–H and O–H groups in total. The summed E-state index contributed by atoms with van der Waals surface area (Å²) < 4.78 is 37.7. The first kappa shape index (κ1) is 18.6. The van der Waals surface area contributed by atoms with Crippen LogP contribution in [0.3, 0.4) is 0 Å². The van der Waals surface area contributed by atoms with Crippen molar-refractivity contribution >= 4 is 5.91 Å². The second-order valence-electron chi connectivity index (χ2n) is 5.73. The zero-order valence-corrected chi connectivity index (χ0v) is 13.9. The maximum Gasteiger partial charge on any atom is 0.416 e. The van der Waals surface area contributed by atoms with Crippen LogP contribution in [0.1, 0.15) is 27.7 Å². The number of aliphatic hydroxyl groups excluding tert-OH is 1. The fourth-order valence-corrected chi connectivity index (χ4v) is 2.38. The number of nitrogens with one attached hydrogen (secondary N) is 2. The van der Waals surface area contributed by atoms with Gasteiger partial charge in [-0.05, 0) is 35.9 Å². The van der Waals surface area contributed by atoms with Crippen molar-refractivity contribution < 1.29 is 23.1 Å².